The van der Waals surface area contributed by atoms with E-state index in [9.17, 15) is 4.79 Å². The molecular formula is C16H22N2O3. The smallest absolute Gasteiger partial charge is 0.319 e. The lowest BCUT2D eigenvalue weighted by Gasteiger charge is -2.21. The third-order valence-corrected chi connectivity index (χ3v) is 3.65. The predicted octanol–water partition coefficient (Wildman–Crippen LogP) is 3.65. The number of carbonyl (C=O) groups is 1. The van der Waals surface area contributed by atoms with Gasteiger partial charge in [0.05, 0.1) is 0 Å². The quantitative estimate of drug-likeness (QED) is 0.830. The zero-order valence-electron chi connectivity index (χ0n) is 12.8. The van der Waals surface area contributed by atoms with Crippen LogP contribution in [0.25, 0.3) is 0 Å². The minimum Gasteiger partial charge on any atom is -0.448 e. The monoisotopic (exact) mass is 290 g/mol. The Morgan fingerprint density at radius 1 is 1.14 bits per heavy atom. The van der Waals surface area contributed by atoms with E-state index in [0.717, 1.165) is 31.4 Å². The van der Waals surface area contributed by atoms with Gasteiger partial charge in [-0.2, -0.15) is 0 Å². The van der Waals surface area contributed by atoms with E-state index in [2.05, 4.69) is 10.6 Å². The molecule has 3 rings (SSSR count). The fraction of sp³-hybridized carbons (Fsp3) is 0.562. The van der Waals surface area contributed by atoms with E-state index < -0.39 is 5.79 Å². The number of nitrogens with one attached hydrogen (secondary N) is 2. The summed E-state index contributed by atoms with van der Waals surface area (Å²) in [5.41, 5.74) is 0.433. The summed E-state index contributed by atoms with van der Waals surface area (Å²) in [5.74, 6) is 1.01. The summed E-state index contributed by atoms with van der Waals surface area (Å²) in [5, 5.41) is 5.68. The molecule has 1 aliphatic heterocycles. The van der Waals surface area contributed by atoms with Gasteiger partial charge in [0.15, 0.2) is 11.5 Å². The Labute approximate surface area is 125 Å². The number of hydrogen-bond acceptors (Lipinski definition) is 3. The minimum absolute atomic E-state index is 0.225. The number of fused-ring (bicyclic) bond motifs is 1. The van der Waals surface area contributed by atoms with Gasteiger partial charge in [-0.25, -0.2) is 4.79 Å². The van der Waals surface area contributed by atoms with Crippen molar-refractivity contribution < 1.29 is 14.3 Å². The molecule has 0 atom stereocenters. The highest BCUT2D eigenvalue weighted by Gasteiger charge is 2.44. The summed E-state index contributed by atoms with van der Waals surface area (Å²) in [6, 6.07) is 5.29. The number of amides is 2. The number of urea groups is 1. The average Bonchev–Trinajstić information content (AvgIpc) is 2.93. The molecule has 5 nitrogen and oxygen atoms in total. The van der Waals surface area contributed by atoms with Crippen molar-refractivity contribution in [3.8, 4) is 11.5 Å². The Hall–Kier alpha value is -1.91. The third-order valence-electron chi connectivity index (χ3n) is 3.65. The number of hydrogen-bond donors (Lipinski definition) is 2. The molecule has 5 heteroatoms. The number of rotatable bonds is 1. The Balaban J connectivity index is 1.69. The zero-order chi connectivity index (χ0) is 15.1. The Bertz CT molecular complexity index is 557. The highest BCUT2D eigenvalue weighted by atomic mass is 16.7. The maximum Gasteiger partial charge on any atom is 0.319 e. The Kier molecular flexibility index (Phi) is 3.23. The van der Waals surface area contributed by atoms with Gasteiger partial charge in [0.25, 0.3) is 5.79 Å². The summed E-state index contributed by atoms with van der Waals surface area (Å²) in [6.07, 6.45) is 4.12. The molecule has 1 aromatic rings. The Morgan fingerprint density at radius 3 is 2.48 bits per heavy atom. The molecule has 1 saturated carbocycles. The molecule has 0 unspecified atom stereocenters. The molecule has 1 spiro atoms. The van der Waals surface area contributed by atoms with Crippen LogP contribution in [0.2, 0.25) is 0 Å². The van der Waals surface area contributed by atoms with Crippen LogP contribution in [0.1, 0.15) is 46.5 Å². The van der Waals surface area contributed by atoms with Crippen LogP contribution in [0, 0.1) is 0 Å². The van der Waals surface area contributed by atoms with Crippen molar-refractivity contribution in [1.82, 2.24) is 5.32 Å². The van der Waals surface area contributed by atoms with Crippen LogP contribution in [0.15, 0.2) is 18.2 Å². The van der Waals surface area contributed by atoms with Crippen LogP contribution in [0.5, 0.6) is 11.5 Å². The topological polar surface area (TPSA) is 59.6 Å². The SMILES string of the molecule is CC(C)(C)NC(=O)Nc1ccc2c(c1)OC1(CCCC1)O2. The van der Waals surface area contributed by atoms with Crippen molar-refractivity contribution in [2.24, 2.45) is 0 Å². The summed E-state index contributed by atoms with van der Waals surface area (Å²) < 4.78 is 11.9. The maximum absolute atomic E-state index is 11.9. The van der Waals surface area contributed by atoms with Gasteiger partial charge in [0.2, 0.25) is 0 Å². The van der Waals surface area contributed by atoms with Crippen LogP contribution >= 0.6 is 0 Å². The lowest BCUT2D eigenvalue weighted by atomic mass is 10.1. The zero-order valence-corrected chi connectivity index (χ0v) is 12.8. The minimum atomic E-state index is -0.464. The fourth-order valence-corrected chi connectivity index (χ4v) is 2.79. The molecule has 1 fully saturated rings. The number of anilines is 1. The molecule has 1 aromatic carbocycles. The van der Waals surface area contributed by atoms with Gasteiger partial charge in [-0.1, -0.05) is 0 Å². The second-order valence-electron chi connectivity index (χ2n) is 6.81. The van der Waals surface area contributed by atoms with E-state index in [1.807, 2.05) is 39.0 Å². The van der Waals surface area contributed by atoms with E-state index in [4.69, 9.17) is 9.47 Å². The van der Waals surface area contributed by atoms with Crippen molar-refractivity contribution in [2.45, 2.75) is 57.8 Å². The average molecular weight is 290 g/mol. The van der Waals surface area contributed by atoms with Gasteiger partial charge in [-0.15, -0.1) is 0 Å². The van der Waals surface area contributed by atoms with Crippen molar-refractivity contribution in [3.05, 3.63) is 18.2 Å². The van der Waals surface area contributed by atoms with Crippen molar-refractivity contribution in [2.75, 3.05) is 5.32 Å². The van der Waals surface area contributed by atoms with Gasteiger partial charge >= 0.3 is 6.03 Å². The molecule has 1 heterocycles. The molecule has 0 radical (unpaired) electrons. The molecule has 2 amide bonds. The standard InChI is InChI=1S/C16H22N2O3/c1-15(2,3)18-14(19)17-11-6-7-12-13(10-11)21-16(20-12)8-4-5-9-16/h6-7,10H,4-5,8-9H2,1-3H3,(H2,17,18,19). The first-order chi connectivity index (χ1) is 9.85. The highest BCUT2D eigenvalue weighted by molar-refractivity contribution is 5.90. The predicted molar refractivity (Wildman–Crippen MR) is 80.8 cm³/mol. The van der Waals surface area contributed by atoms with E-state index in [0.29, 0.717) is 11.4 Å². The number of benzene rings is 1. The highest BCUT2D eigenvalue weighted by Crippen LogP contribution is 2.47. The third kappa shape index (κ3) is 3.06. The van der Waals surface area contributed by atoms with E-state index >= 15 is 0 Å². The summed E-state index contributed by atoms with van der Waals surface area (Å²) in [6.45, 7) is 5.82. The van der Waals surface area contributed by atoms with Crippen molar-refractivity contribution in [1.29, 1.82) is 0 Å². The molecule has 2 N–H and O–H groups in total. The molecule has 2 aliphatic rings. The van der Waals surface area contributed by atoms with Crippen molar-refractivity contribution >= 4 is 11.7 Å². The van der Waals surface area contributed by atoms with Crippen LogP contribution in [0.4, 0.5) is 10.5 Å². The lowest BCUT2D eigenvalue weighted by Crippen LogP contribution is -2.43. The first-order valence-corrected chi connectivity index (χ1v) is 7.47. The van der Waals surface area contributed by atoms with Gasteiger partial charge in [-0.05, 0) is 45.7 Å². The molecule has 114 valence electrons. The molecule has 0 saturated heterocycles. The van der Waals surface area contributed by atoms with Crippen LogP contribution < -0.4 is 20.1 Å². The van der Waals surface area contributed by atoms with Crippen LogP contribution in [0.3, 0.4) is 0 Å². The molecule has 21 heavy (non-hydrogen) atoms. The molecule has 1 aliphatic carbocycles. The second-order valence-corrected chi connectivity index (χ2v) is 6.81. The van der Waals surface area contributed by atoms with Gasteiger partial charge in [0, 0.05) is 30.1 Å². The first kappa shape index (κ1) is 14.0. The van der Waals surface area contributed by atoms with Crippen LogP contribution in [-0.4, -0.2) is 17.4 Å². The van der Waals surface area contributed by atoms with Crippen LogP contribution in [-0.2, 0) is 0 Å². The summed E-state index contributed by atoms with van der Waals surface area (Å²) in [7, 11) is 0. The molecule has 0 aromatic heterocycles. The summed E-state index contributed by atoms with van der Waals surface area (Å²) >= 11 is 0. The van der Waals surface area contributed by atoms with E-state index in [1.165, 1.54) is 0 Å². The van der Waals surface area contributed by atoms with E-state index in [-0.39, 0.29) is 11.6 Å². The van der Waals surface area contributed by atoms with E-state index in [1.54, 1.807) is 0 Å². The Morgan fingerprint density at radius 2 is 1.81 bits per heavy atom. The van der Waals surface area contributed by atoms with Gasteiger partial charge in [-0.3, -0.25) is 0 Å². The summed E-state index contributed by atoms with van der Waals surface area (Å²) in [4.78, 5) is 11.9. The fourth-order valence-electron chi connectivity index (χ4n) is 2.79. The van der Waals surface area contributed by atoms with Gasteiger partial charge < -0.3 is 20.1 Å². The van der Waals surface area contributed by atoms with Gasteiger partial charge in [0.1, 0.15) is 0 Å². The molecule has 0 bridgehead atoms. The van der Waals surface area contributed by atoms with Crippen molar-refractivity contribution in [3.63, 3.8) is 0 Å². The number of carbonyl (C=O) groups excluding carboxylic acids is 1. The number of ether oxygens (including phenoxy) is 2. The lowest BCUT2D eigenvalue weighted by molar-refractivity contribution is -0.0716. The largest absolute Gasteiger partial charge is 0.448 e. The molecular weight excluding hydrogens is 268 g/mol. The maximum atomic E-state index is 11.9. The first-order valence-electron chi connectivity index (χ1n) is 7.47. The second kappa shape index (κ2) is 4.83. The normalized spacial score (nSPS) is 18.8.